The highest BCUT2D eigenvalue weighted by Crippen LogP contribution is 2.40. The smallest absolute Gasteiger partial charge is 0.245 e. The molecule has 0 aliphatic carbocycles. The lowest BCUT2D eigenvalue weighted by atomic mass is 10.1. The van der Waals surface area contributed by atoms with Crippen molar-refractivity contribution in [2.75, 3.05) is 5.01 Å². The minimum Gasteiger partial charge on any atom is -0.274 e. The third kappa shape index (κ3) is 3.59. The number of amides is 1. The maximum absolute atomic E-state index is 12.6. The summed E-state index contributed by atoms with van der Waals surface area (Å²) in [4.78, 5) is 29.5. The monoisotopic (exact) mass is 424 g/mol. The van der Waals surface area contributed by atoms with Crippen molar-refractivity contribution in [3.05, 3.63) is 64.7 Å². The van der Waals surface area contributed by atoms with Gasteiger partial charge >= 0.3 is 0 Å². The van der Waals surface area contributed by atoms with Gasteiger partial charge in [0, 0.05) is 30.0 Å². The van der Waals surface area contributed by atoms with E-state index in [4.69, 9.17) is 11.6 Å². The number of hydrogen-bond acceptors (Lipinski definition) is 5. The lowest BCUT2D eigenvalue weighted by Crippen LogP contribution is -2.28. The highest BCUT2D eigenvalue weighted by atomic mass is 35.5. The highest BCUT2D eigenvalue weighted by Gasteiger charge is 2.32. The Kier molecular flexibility index (Phi) is 5.02. The summed E-state index contributed by atoms with van der Waals surface area (Å²) in [5.41, 5.74) is 2.69. The van der Waals surface area contributed by atoms with Gasteiger partial charge in [-0.05, 0) is 30.8 Å². The lowest BCUT2D eigenvalue weighted by molar-refractivity contribution is -0.116. The van der Waals surface area contributed by atoms with Crippen LogP contribution in [0.1, 0.15) is 29.8 Å². The number of anilines is 1. The van der Waals surface area contributed by atoms with Gasteiger partial charge < -0.3 is 0 Å². The molecule has 146 valence electrons. The number of imidazole rings is 1. The molecule has 1 aliphatic rings. The number of benzene rings is 2. The number of aromatic nitrogens is 2. The second kappa shape index (κ2) is 7.50. The number of thioether (sulfide) groups is 1. The fraction of sp³-hybridized carbons (Fsp3) is 0.143. The number of nitrogens with zero attached hydrogens (tertiary/aromatic N) is 4. The Morgan fingerprint density at radius 2 is 1.55 bits per heavy atom. The highest BCUT2D eigenvalue weighted by molar-refractivity contribution is 8.14. The molecule has 1 aliphatic heterocycles. The van der Waals surface area contributed by atoms with Gasteiger partial charge in [-0.2, -0.15) is 10.1 Å². The van der Waals surface area contributed by atoms with Gasteiger partial charge in [0.1, 0.15) is 15.9 Å². The van der Waals surface area contributed by atoms with Crippen LogP contribution < -0.4 is 5.01 Å². The van der Waals surface area contributed by atoms with Crippen molar-refractivity contribution >= 4 is 46.0 Å². The number of aryl methyl sites for hydroxylation is 1. The first kappa shape index (κ1) is 19.4. The normalized spacial score (nSPS) is 13.1. The summed E-state index contributed by atoms with van der Waals surface area (Å²) < 4.78 is 1.53. The molecule has 2 heterocycles. The molecule has 0 atom stereocenters. The minimum atomic E-state index is -0.290. The number of rotatable bonds is 2. The molecule has 0 saturated carbocycles. The molecule has 1 aromatic heterocycles. The predicted molar refractivity (Wildman–Crippen MR) is 116 cm³/mol. The molecule has 0 radical (unpaired) electrons. The van der Waals surface area contributed by atoms with Crippen LogP contribution in [0, 0.1) is 6.92 Å². The Morgan fingerprint density at radius 1 is 0.931 bits per heavy atom. The Balaban J connectivity index is 1.89. The first-order valence-electron chi connectivity index (χ1n) is 8.89. The number of halogens is 1. The molecule has 3 aromatic rings. The number of fused-ring (bicyclic) bond motifs is 1. The largest absolute Gasteiger partial charge is 0.274 e. The molecule has 0 spiro atoms. The van der Waals surface area contributed by atoms with E-state index in [0.29, 0.717) is 26.7 Å². The van der Waals surface area contributed by atoms with Crippen molar-refractivity contribution in [2.45, 2.75) is 25.8 Å². The van der Waals surface area contributed by atoms with Crippen molar-refractivity contribution in [1.82, 2.24) is 9.55 Å². The standard InChI is InChI=1S/C21H17ClN4O2S/c1-12-4-6-15(7-5-12)18-23-19-21(25(18)13(2)27)29-20(24-26(19)14(3)28)16-8-10-17(22)11-9-16/h4-11H,1-3H3. The average Bonchev–Trinajstić information content (AvgIpc) is 3.07. The van der Waals surface area contributed by atoms with Gasteiger partial charge in [0.25, 0.3) is 0 Å². The zero-order valence-electron chi connectivity index (χ0n) is 16.0. The van der Waals surface area contributed by atoms with E-state index in [2.05, 4.69) is 10.1 Å². The van der Waals surface area contributed by atoms with Crippen LogP contribution in [0.4, 0.5) is 5.82 Å². The quantitative estimate of drug-likeness (QED) is 0.581. The third-order valence-electron chi connectivity index (χ3n) is 4.42. The van der Waals surface area contributed by atoms with Gasteiger partial charge in [-0.3, -0.25) is 14.2 Å². The summed E-state index contributed by atoms with van der Waals surface area (Å²) in [6, 6.07) is 14.9. The van der Waals surface area contributed by atoms with Gasteiger partial charge in [-0.25, -0.2) is 4.98 Å². The molecule has 0 fully saturated rings. The van der Waals surface area contributed by atoms with Crippen LogP contribution in [0.15, 0.2) is 58.7 Å². The fourth-order valence-corrected chi connectivity index (χ4v) is 4.21. The van der Waals surface area contributed by atoms with Crippen molar-refractivity contribution in [1.29, 1.82) is 0 Å². The summed E-state index contributed by atoms with van der Waals surface area (Å²) in [5, 5.41) is 7.47. The molecule has 0 unspecified atom stereocenters. The SMILES string of the molecule is CC(=O)N1N=C(c2ccc(Cl)cc2)Sc2c1nc(-c1ccc(C)cc1)n2C(C)=O. The van der Waals surface area contributed by atoms with E-state index in [1.165, 1.54) is 35.2 Å². The zero-order chi connectivity index (χ0) is 20.7. The first-order chi connectivity index (χ1) is 13.8. The van der Waals surface area contributed by atoms with Gasteiger partial charge in [0.15, 0.2) is 5.82 Å². The number of hydrazone groups is 1. The van der Waals surface area contributed by atoms with Crippen LogP contribution in [0.3, 0.4) is 0 Å². The third-order valence-corrected chi connectivity index (χ3v) is 5.74. The summed E-state index contributed by atoms with van der Waals surface area (Å²) in [7, 11) is 0. The maximum Gasteiger partial charge on any atom is 0.245 e. The molecular weight excluding hydrogens is 408 g/mol. The van der Waals surface area contributed by atoms with E-state index in [1.807, 2.05) is 43.3 Å². The second-order valence-corrected chi connectivity index (χ2v) is 8.04. The molecule has 1 amide bonds. The number of carbonyl (C=O) groups is 2. The summed E-state index contributed by atoms with van der Waals surface area (Å²) in [6.45, 7) is 4.89. The van der Waals surface area contributed by atoms with E-state index in [-0.39, 0.29) is 11.8 Å². The van der Waals surface area contributed by atoms with Crippen LogP contribution in [-0.4, -0.2) is 26.4 Å². The fourth-order valence-electron chi connectivity index (χ4n) is 2.99. The van der Waals surface area contributed by atoms with Crippen LogP contribution >= 0.6 is 23.4 Å². The van der Waals surface area contributed by atoms with Gasteiger partial charge in [0.2, 0.25) is 11.8 Å². The second-order valence-electron chi connectivity index (χ2n) is 6.63. The summed E-state index contributed by atoms with van der Waals surface area (Å²) in [5.74, 6) is 0.351. The molecule has 0 bridgehead atoms. The van der Waals surface area contributed by atoms with Crippen molar-refractivity contribution in [3.8, 4) is 11.4 Å². The Morgan fingerprint density at radius 3 is 2.14 bits per heavy atom. The summed E-state index contributed by atoms with van der Waals surface area (Å²) >= 11 is 7.29. The summed E-state index contributed by atoms with van der Waals surface area (Å²) in [6.07, 6.45) is 0. The molecule has 6 nitrogen and oxygen atoms in total. The maximum atomic E-state index is 12.6. The van der Waals surface area contributed by atoms with E-state index in [9.17, 15) is 9.59 Å². The predicted octanol–water partition coefficient (Wildman–Crippen LogP) is 4.99. The van der Waals surface area contributed by atoms with Gasteiger partial charge in [-0.1, -0.05) is 53.6 Å². The van der Waals surface area contributed by atoms with Crippen LogP contribution in [0.25, 0.3) is 11.4 Å². The Labute approximate surface area is 177 Å². The van der Waals surface area contributed by atoms with E-state index in [1.54, 1.807) is 12.1 Å². The number of hydrogen-bond donors (Lipinski definition) is 0. The molecule has 2 aromatic carbocycles. The van der Waals surface area contributed by atoms with Gasteiger partial charge in [0.05, 0.1) is 0 Å². The van der Waals surface area contributed by atoms with Crippen molar-refractivity contribution in [3.63, 3.8) is 0 Å². The Bertz CT molecular complexity index is 1150. The van der Waals surface area contributed by atoms with Crippen molar-refractivity contribution in [2.24, 2.45) is 5.10 Å². The topological polar surface area (TPSA) is 67.6 Å². The first-order valence-corrected chi connectivity index (χ1v) is 10.1. The van der Waals surface area contributed by atoms with Gasteiger partial charge in [-0.15, -0.1) is 0 Å². The molecular formula is C21H17ClN4O2S. The zero-order valence-corrected chi connectivity index (χ0v) is 17.6. The molecule has 0 saturated heterocycles. The van der Waals surface area contributed by atoms with Crippen LogP contribution in [-0.2, 0) is 4.79 Å². The average molecular weight is 425 g/mol. The van der Waals surface area contributed by atoms with Crippen LogP contribution in [0.2, 0.25) is 5.02 Å². The molecule has 4 rings (SSSR count). The Hall–Kier alpha value is -2.90. The molecule has 29 heavy (non-hydrogen) atoms. The molecule has 8 heteroatoms. The lowest BCUT2D eigenvalue weighted by Gasteiger charge is -2.21. The van der Waals surface area contributed by atoms with E-state index >= 15 is 0 Å². The van der Waals surface area contributed by atoms with Crippen molar-refractivity contribution < 1.29 is 9.59 Å². The van der Waals surface area contributed by atoms with E-state index < -0.39 is 0 Å². The number of carbonyl (C=O) groups excluding carboxylic acids is 2. The minimum absolute atomic E-state index is 0.192. The van der Waals surface area contributed by atoms with E-state index in [0.717, 1.165) is 16.7 Å². The van der Waals surface area contributed by atoms with Crippen LogP contribution in [0.5, 0.6) is 0 Å². The molecule has 0 N–H and O–H groups in total.